The van der Waals surface area contributed by atoms with Crippen LogP contribution in [-0.2, 0) is 0 Å². The molecule has 0 unspecified atom stereocenters. The third-order valence-corrected chi connectivity index (χ3v) is 2.19. The largest absolute Gasteiger partial charge is 0.352 e. The molecule has 1 aromatic rings. The van der Waals surface area contributed by atoms with E-state index in [1.54, 1.807) is 0 Å². The Kier molecular flexibility index (Phi) is 3.07. The molecule has 1 N–H and O–H groups in total. The Morgan fingerprint density at radius 3 is 2.69 bits per heavy atom. The van der Waals surface area contributed by atoms with Crippen LogP contribution in [-0.4, -0.2) is 12.5 Å². The summed E-state index contributed by atoms with van der Waals surface area (Å²) in [6, 6.07) is 5.78. The number of nitrogens with one attached hydrogen (secondary N) is 1. The van der Waals surface area contributed by atoms with Crippen molar-refractivity contribution in [3.63, 3.8) is 0 Å². The fourth-order valence-corrected chi connectivity index (χ4v) is 1.25. The zero-order valence-corrected chi connectivity index (χ0v) is 8.35. The fourth-order valence-electron chi connectivity index (χ4n) is 1.25. The topological polar surface area (TPSA) is 29.1 Å². The van der Waals surface area contributed by atoms with Crippen molar-refractivity contribution in [1.82, 2.24) is 5.32 Å². The van der Waals surface area contributed by atoms with Crippen molar-refractivity contribution in [3.05, 3.63) is 34.9 Å². The van der Waals surface area contributed by atoms with Crippen LogP contribution in [0.25, 0.3) is 0 Å². The predicted octanol–water partition coefficient (Wildman–Crippen LogP) is 2.05. The van der Waals surface area contributed by atoms with E-state index in [4.69, 9.17) is 0 Å². The minimum absolute atomic E-state index is 0.0173. The van der Waals surface area contributed by atoms with Crippen LogP contribution in [0.2, 0.25) is 0 Å². The molecule has 0 aliphatic heterocycles. The van der Waals surface area contributed by atoms with Crippen molar-refractivity contribution < 1.29 is 4.79 Å². The first-order valence-corrected chi connectivity index (χ1v) is 4.51. The molecule has 0 heterocycles. The summed E-state index contributed by atoms with van der Waals surface area (Å²) in [6.45, 7) is 6.58. The molecule has 0 bridgehead atoms. The number of carbonyl (C=O) groups is 1. The first-order valence-electron chi connectivity index (χ1n) is 4.51. The molecule has 0 fully saturated rings. The van der Waals surface area contributed by atoms with Gasteiger partial charge in [0.05, 0.1) is 0 Å². The van der Waals surface area contributed by atoms with Gasteiger partial charge in [0, 0.05) is 12.1 Å². The molecule has 1 rings (SSSR count). The lowest BCUT2D eigenvalue weighted by atomic mass is 10.0. The standard InChI is InChI=1S/C11H15NO/c1-4-12-11(13)10-7-5-6-8(2)9(10)3/h5-7H,4H2,1-3H3,(H,12,13). The van der Waals surface area contributed by atoms with Crippen LogP contribution >= 0.6 is 0 Å². The second kappa shape index (κ2) is 4.08. The zero-order valence-electron chi connectivity index (χ0n) is 8.35. The first-order chi connectivity index (χ1) is 6.16. The Bertz CT molecular complexity index is 318. The smallest absolute Gasteiger partial charge is 0.251 e. The number of aryl methyl sites for hydroxylation is 1. The molecule has 0 spiro atoms. The normalized spacial score (nSPS) is 9.77. The van der Waals surface area contributed by atoms with E-state index in [1.165, 1.54) is 0 Å². The second-order valence-corrected chi connectivity index (χ2v) is 3.11. The van der Waals surface area contributed by atoms with Gasteiger partial charge in [-0.1, -0.05) is 12.1 Å². The summed E-state index contributed by atoms with van der Waals surface area (Å²) >= 11 is 0. The highest BCUT2D eigenvalue weighted by atomic mass is 16.1. The minimum atomic E-state index is 0.0173. The number of rotatable bonds is 2. The number of hydrogen-bond acceptors (Lipinski definition) is 1. The van der Waals surface area contributed by atoms with Gasteiger partial charge in [-0.25, -0.2) is 0 Å². The maximum atomic E-state index is 11.5. The van der Waals surface area contributed by atoms with Crippen molar-refractivity contribution >= 4 is 5.91 Å². The van der Waals surface area contributed by atoms with E-state index in [9.17, 15) is 4.79 Å². The molecule has 1 amide bonds. The third kappa shape index (κ3) is 2.08. The number of carbonyl (C=O) groups excluding carboxylic acids is 1. The Morgan fingerprint density at radius 1 is 1.38 bits per heavy atom. The average molecular weight is 177 g/mol. The van der Waals surface area contributed by atoms with Crippen LogP contribution < -0.4 is 5.32 Å². The summed E-state index contributed by atoms with van der Waals surface area (Å²) in [6.07, 6.45) is 0. The molecule has 0 aliphatic carbocycles. The maximum Gasteiger partial charge on any atom is 0.251 e. The molecule has 2 nitrogen and oxygen atoms in total. The molecule has 0 aliphatic rings. The van der Waals surface area contributed by atoms with Crippen molar-refractivity contribution in [3.8, 4) is 0 Å². The number of benzene rings is 1. The molecular weight excluding hydrogens is 162 g/mol. The molecule has 70 valence electrons. The van der Waals surface area contributed by atoms with Crippen LogP contribution in [0.15, 0.2) is 18.2 Å². The third-order valence-electron chi connectivity index (χ3n) is 2.19. The lowest BCUT2D eigenvalue weighted by Gasteiger charge is -2.07. The maximum absolute atomic E-state index is 11.5. The fraction of sp³-hybridized carbons (Fsp3) is 0.364. The monoisotopic (exact) mass is 177 g/mol. The Hall–Kier alpha value is -1.31. The summed E-state index contributed by atoms with van der Waals surface area (Å²) in [5, 5.41) is 2.79. The highest BCUT2D eigenvalue weighted by Gasteiger charge is 2.07. The van der Waals surface area contributed by atoms with Gasteiger partial charge in [-0.2, -0.15) is 0 Å². The Balaban J connectivity index is 3.01. The van der Waals surface area contributed by atoms with Gasteiger partial charge >= 0.3 is 0 Å². The van der Waals surface area contributed by atoms with Gasteiger partial charge < -0.3 is 5.32 Å². The number of hydrogen-bond donors (Lipinski definition) is 1. The summed E-state index contributed by atoms with van der Waals surface area (Å²) in [5.74, 6) is 0.0173. The quantitative estimate of drug-likeness (QED) is 0.736. The van der Waals surface area contributed by atoms with Gasteiger partial charge in [-0.05, 0) is 38.0 Å². The van der Waals surface area contributed by atoms with Gasteiger partial charge in [0.1, 0.15) is 0 Å². The van der Waals surface area contributed by atoms with E-state index in [0.717, 1.165) is 16.7 Å². The molecule has 0 aromatic heterocycles. The minimum Gasteiger partial charge on any atom is -0.352 e. The van der Waals surface area contributed by atoms with E-state index in [1.807, 2.05) is 39.0 Å². The summed E-state index contributed by atoms with van der Waals surface area (Å²) < 4.78 is 0. The van der Waals surface area contributed by atoms with Gasteiger partial charge in [-0.15, -0.1) is 0 Å². The van der Waals surface area contributed by atoms with Crippen molar-refractivity contribution in [2.75, 3.05) is 6.54 Å². The van der Waals surface area contributed by atoms with Crippen molar-refractivity contribution in [2.24, 2.45) is 0 Å². The Labute approximate surface area is 79.0 Å². The van der Waals surface area contributed by atoms with Crippen LogP contribution in [0.5, 0.6) is 0 Å². The van der Waals surface area contributed by atoms with Gasteiger partial charge in [-0.3, -0.25) is 4.79 Å². The average Bonchev–Trinajstić information content (AvgIpc) is 2.10. The lowest BCUT2D eigenvalue weighted by molar-refractivity contribution is 0.0955. The molecule has 2 heteroatoms. The lowest BCUT2D eigenvalue weighted by Crippen LogP contribution is -2.23. The van der Waals surface area contributed by atoms with Crippen LogP contribution in [0.1, 0.15) is 28.4 Å². The van der Waals surface area contributed by atoms with Gasteiger partial charge in [0.2, 0.25) is 0 Å². The zero-order chi connectivity index (χ0) is 9.84. The van der Waals surface area contributed by atoms with E-state index in [-0.39, 0.29) is 5.91 Å². The van der Waals surface area contributed by atoms with E-state index >= 15 is 0 Å². The van der Waals surface area contributed by atoms with Crippen molar-refractivity contribution in [1.29, 1.82) is 0 Å². The molecule has 13 heavy (non-hydrogen) atoms. The van der Waals surface area contributed by atoms with E-state index < -0.39 is 0 Å². The van der Waals surface area contributed by atoms with Crippen LogP contribution in [0, 0.1) is 13.8 Å². The van der Waals surface area contributed by atoms with Crippen molar-refractivity contribution in [2.45, 2.75) is 20.8 Å². The van der Waals surface area contributed by atoms with Gasteiger partial charge in [0.25, 0.3) is 5.91 Å². The van der Waals surface area contributed by atoms with Crippen LogP contribution in [0.3, 0.4) is 0 Å². The predicted molar refractivity (Wildman–Crippen MR) is 53.9 cm³/mol. The highest BCUT2D eigenvalue weighted by molar-refractivity contribution is 5.95. The van der Waals surface area contributed by atoms with Gasteiger partial charge in [0.15, 0.2) is 0 Å². The van der Waals surface area contributed by atoms with E-state index in [2.05, 4.69) is 5.32 Å². The molecule has 0 saturated carbocycles. The number of amides is 1. The molecule has 0 saturated heterocycles. The molecule has 0 atom stereocenters. The SMILES string of the molecule is CCNC(=O)c1cccc(C)c1C. The summed E-state index contributed by atoms with van der Waals surface area (Å²) in [7, 11) is 0. The first kappa shape index (κ1) is 9.78. The second-order valence-electron chi connectivity index (χ2n) is 3.11. The summed E-state index contributed by atoms with van der Waals surface area (Å²) in [4.78, 5) is 11.5. The molecule has 0 radical (unpaired) electrons. The highest BCUT2D eigenvalue weighted by Crippen LogP contribution is 2.12. The molecule has 1 aromatic carbocycles. The molecular formula is C11H15NO. The van der Waals surface area contributed by atoms with Crippen LogP contribution in [0.4, 0.5) is 0 Å². The Morgan fingerprint density at radius 2 is 2.08 bits per heavy atom. The van der Waals surface area contributed by atoms with E-state index in [0.29, 0.717) is 6.54 Å². The summed E-state index contributed by atoms with van der Waals surface area (Å²) in [5.41, 5.74) is 3.00.